The fourth-order valence-corrected chi connectivity index (χ4v) is 1.13. The first kappa shape index (κ1) is 9.74. The summed E-state index contributed by atoms with van der Waals surface area (Å²) < 4.78 is 28.9. The lowest BCUT2D eigenvalue weighted by molar-refractivity contribution is -0.0965. The Bertz CT molecular complexity index is 274. The molecule has 0 bridgehead atoms. The Morgan fingerprint density at radius 1 is 1.42 bits per heavy atom. The second-order valence-electron chi connectivity index (χ2n) is 2.01. The van der Waals surface area contributed by atoms with Gasteiger partial charge in [-0.15, -0.1) is 8.78 Å². The van der Waals surface area contributed by atoms with Gasteiger partial charge in [-0.2, -0.15) is 0 Å². The van der Waals surface area contributed by atoms with Gasteiger partial charge in [-0.3, -0.25) is 0 Å². The van der Waals surface area contributed by atoms with Crippen molar-refractivity contribution in [2.24, 2.45) is 0 Å². The molecule has 0 spiro atoms. The zero-order chi connectivity index (χ0) is 9.19. The van der Waals surface area contributed by atoms with Crippen molar-refractivity contribution in [1.82, 2.24) is 0 Å². The highest BCUT2D eigenvalue weighted by Crippen LogP contribution is 2.26. The van der Waals surface area contributed by atoms with E-state index in [1.807, 2.05) is 0 Å². The molecule has 0 atom stereocenters. The number of alkyl halides is 3. The van der Waals surface area contributed by atoms with Crippen molar-refractivity contribution in [2.75, 3.05) is 0 Å². The Morgan fingerprint density at radius 3 is 2.58 bits per heavy atom. The summed E-state index contributed by atoms with van der Waals surface area (Å²) in [5, 5.41) is 0. The Hall–Kier alpha value is -0.350. The van der Waals surface area contributed by atoms with E-state index in [-0.39, 0.29) is 5.75 Å². The van der Waals surface area contributed by atoms with E-state index < -0.39 is 5.57 Å². The molecule has 0 saturated carbocycles. The Labute approximate surface area is 81.4 Å². The third-order valence-corrected chi connectivity index (χ3v) is 1.60. The average Bonchev–Trinajstić information content (AvgIpc) is 1.82. The van der Waals surface area contributed by atoms with E-state index in [1.165, 1.54) is 12.1 Å². The number of hydrogen-bond acceptors (Lipinski definition) is 1. The highest BCUT2D eigenvalue weighted by molar-refractivity contribution is 9.10. The predicted molar refractivity (Wildman–Crippen MR) is 45.6 cm³/mol. The van der Waals surface area contributed by atoms with Crippen molar-refractivity contribution >= 4 is 27.5 Å². The molecular formula is C7H4BrClF2O. The fraction of sp³-hybridized carbons (Fsp3) is 0.143. The maximum Gasteiger partial charge on any atom is 0.487 e. The second-order valence-corrected chi connectivity index (χ2v) is 3.36. The van der Waals surface area contributed by atoms with Gasteiger partial charge < -0.3 is 4.74 Å². The molecule has 0 heterocycles. The van der Waals surface area contributed by atoms with Gasteiger partial charge in [0, 0.05) is 16.1 Å². The summed E-state index contributed by atoms with van der Waals surface area (Å²) in [7, 11) is 0. The quantitative estimate of drug-likeness (QED) is 0.735. The third kappa shape index (κ3) is 3.36. The van der Waals surface area contributed by atoms with Crippen LogP contribution in [0.25, 0.3) is 0 Å². The van der Waals surface area contributed by atoms with Crippen molar-refractivity contribution in [3.63, 3.8) is 0 Å². The van der Waals surface area contributed by atoms with Crippen LogP contribution in [0.2, 0.25) is 0 Å². The van der Waals surface area contributed by atoms with Gasteiger partial charge in [-0.05, 0) is 18.2 Å². The topological polar surface area (TPSA) is 9.23 Å². The van der Waals surface area contributed by atoms with Crippen LogP contribution < -0.4 is 4.74 Å². The van der Waals surface area contributed by atoms with Gasteiger partial charge in [-0.25, -0.2) is 0 Å². The van der Waals surface area contributed by atoms with E-state index in [4.69, 9.17) is 0 Å². The average molecular weight is 257 g/mol. The minimum atomic E-state index is -3.65. The molecule has 0 unspecified atom stereocenters. The molecule has 0 radical (unpaired) electrons. The molecule has 0 amide bonds. The van der Waals surface area contributed by atoms with Gasteiger partial charge in [-0.1, -0.05) is 22.0 Å². The predicted octanol–water partition coefficient (Wildman–Crippen LogP) is 3.62. The fourth-order valence-electron chi connectivity index (χ4n) is 0.664. The minimum absolute atomic E-state index is 0.0179. The summed E-state index contributed by atoms with van der Waals surface area (Å²) in [5.74, 6) is 0.0179. The lowest BCUT2D eigenvalue weighted by Gasteiger charge is -2.09. The highest BCUT2D eigenvalue weighted by Gasteiger charge is 2.27. The number of benzene rings is 1. The zero-order valence-electron chi connectivity index (χ0n) is 5.73. The molecule has 0 N–H and O–H groups in total. The van der Waals surface area contributed by atoms with Crippen molar-refractivity contribution in [2.45, 2.75) is 5.57 Å². The molecule has 0 aliphatic carbocycles. The first-order valence-electron chi connectivity index (χ1n) is 2.99. The van der Waals surface area contributed by atoms with Crippen molar-refractivity contribution in [3.8, 4) is 5.75 Å². The molecule has 5 heteroatoms. The maximum absolute atomic E-state index is 12.1. The largest absolute Gasteiger partial charge is 0.487 e. The van der Waals surface area contributed by atoms with Gasteiger partial charge in [0.05, 0.1) is 0 Å². The van der Waals surface area contributed by atoms with E-state index in [2.05, 4.69) is 32.3 Å². The van der Waals surface area contributed by atoms with Gasteiger partial charge in [0.25, 0.3) is 0 Å². The van der Waals surface area contributed by atoms with Gasteiger partial charge in [0.2, 0.25) is 0 Å². The van der Waals surface area contributed by atoms with Crippen molar-refractivity contribution in [1.29, 1.82) is 0 Å². The highest BCUT2D eigenvalue weighted by atomic mass is 79.9. The van der Waals surface area contributed by atoms with Crippen LogP contribution in [0, 0.1) is 0 Å². The van der Waals surface area contributed by atoms with Crippen LogP contribution in [0.4, 0.5) is 8.78 Å². The van der Waals surface area contributed by atoms with E-state index in [0.717, 1.165) is 0 Å². The molecule has 0 aliphatic rings. The standard InChI is InChI=1S/C7H4BrClF2O/c8-5-2-1-3-6(4-5)12-7(9,10)11/h1-4H. The summed E-state index contributed by atoms with van der Waals surface area (Å²) in [4.78, 5) is 0. The number of rotatable bonds is 2. The molecule has 1 aromatic carbocycles. The SMILES string of the molecule is FC(F)(Cl)Oc1cccc(Br)c1. The van der Waals surface area contributed by atoms with E-state index in [0.29, 0.717) is 4.47 Å². The first-order chi connectivity index (χ1) is 5.47. The van der Waals surface area contributed by atoms with Gasteiger partial charge in [0.15, 0.2) is 0 Å². The Balaban J connectivity index is 2.77. The second kappa shape index (κ2) is 3.58. The molecule has 0 aliphatic heterocycles. The summed E-state index contributed by atoms with van der Waals surface area (Å²) >= 11 is 7.65. The smallest absolute Gasteiger partial charge is 0.420 e. The lowest BCUT2D eigenvalue weighted by atomic mass is 10.3. The Kier molecular flexibility index (Phi) is 2.90. The molecular weight excluding hydrogens is 253 g/mol. The van der Waals surface area contributed by atoms with Gasteiger partial charge >= 0.3 is 5.57 Å². The summed E-state index contributed by atoms with van der Waals surface area (Å²) in [5.41, 5.74) is -3.65. The summed E-state index contributed by atoms with van der Waals surface area (Å²) in [6.07, 6.45) is 0. The number of hydrogen-bond donors (Lipinski definition) is 0. The number of halogens is 4. The zero-order valence-corrected chi connectivity index (χ0v) is 8.07. The first-order valence-corrected chi connectivity index (χ1v) is 4.16. The summed E-state index contributed by atoms with van der Waals surface area (Å²) in [6, 6.07) is 6.05. The van der Waals surface area contributed by atoms with Crippen LogP contribution in [0.15, 0.2) is 28.7 Å². The minimum Gasteiger partial charge on any atom is -0.420 e. The van der Waals surface area contributed by atoms with Gasteiger partial charge in [0.1, 0.15) is 5.75 Å². The van der Waals surface area contributed by atoms with Crippen molar-refractivity contribution in [3.05, 3.63) is 28.7 Å². The van der Waals surface area contributed by atoms with Crippen LogP contribution >= 0.6 is 27.5 Å². The van der Waals surface area contributed by atoms with Crippen LogP contribution in [-0.4, -0.2) is 5.57 Å². The normalized spacial score (nSPS) is 11.3. The van der Waals surface area contributed by atoms with Crippen LogP contribution in [0.3, 0.4) is 0 Å². The third-order valence-electron chi connectivity index (χ3n) is 1.03. The maximum atomic E-state index is 12.1. The molecule has 1 nitrogen and oxygen atoms in total. The monoisotopic (exact) mass is 256 g/mol. The molecule has 1 aromatic rings. The van der Waals surface area contributed by atoms with E-state index >= 15 is 0 Å². The van der Waals surface area contributed by atoms with Crippen LogP contribution in [0.5, 0.6) is 5.75 Å². The summed E-state index contributed by atoms with van der Waals surface area (Å²) in [6.45, 7) is 0. The van der Waals surface area contributed by atoms with E-state index in [9.17, 15) is 8.78 Å². The molecule has 12 heavy (non-hydrogen) atoms. The molecule has 1 rings (SSSR count). The molecule has 0 saturated heterocycles. The van der Waals surface area contributed by atoms with Crippen LogP contribution in [-0.2, 0) is 0 Å². The van der Waals surface area contributed by atoms with Crippen molar-refractivity contribution < 1.29 is 13.5 Å². The number of ether oxygens (including phenoxy) is 1. The molecule has 0 aromatic heterocycles. The Morgan fingerprint density at radius 2 is 2.08 bits per heavy atom. The molecule has 66 valence electrons. The van der Waals surface area contributed by atoms with E-state index in [1.54, 1.807) is 12.1 Å². The molecule has 0 fully saturated rings. The van der Waals surface area contributed by atoms with Crippen LogP contribution in [0.1, 0.15) is 0 Å². The lowest BCUT2D eigenvalue weighted by Crippen LogP contribution is -2.15.